The van der Waals surface area contributed by atoms with Gasteiger partial charge in [-0.05, 0) is 23.3 Å². The third-order valence-corrected chi connectivity index (χ3v) is 3.99. The number of primary amides is 1. The second kappa shape index (κ2) is 6.20. The Kier molecular flexibility index (Phi) is 4.08. The average molecular weight is 323 g/mol. The summed E-state index contributed by atoms with van der Waals surface area (Å²) in [6.45, 7) is 1.62. The van der Waals surface area contributed by atoms with Crippen molar-refractivity contribution in [1.29, 1.82) is 0 Å². The minimum Gasteiger partial charge on any atom is -0.502 e. The highest BCUT2D eigenvalue weighted by atomic mass is 16.4. The predicted octanol–water partition coefficient (Wildman–Crippen LogP) is 2.81. The van der Waals surface area contributed by atoms with Crippen LogP contribution in [0.1, 0.15) is 29.4 Å². The number of fused-ring (bicyclic) bond motifs is 1. The molecule has 0 aliphatic rings. The number of hydrogen-bond donors (Lipinski definition) is 2. The van der Waals surface area contributed by atoms with Crippen LogP contribution in [0, 0.1) is 6.92 Å². The quantitative estimate of drug-likeness (QED) is 0.772. The normalized spacial score (nSPS) is 12.2. The number of rotatable bonds is 4. The fraction of sp³-hybridized carbons (Fsp3) is 0.158. The molecule has 0 fully saturated rings. The maximum atomic E-state index is 11.9. The lowest BCUT2D eigenvalue weighted by atomic mass is 9.88. The summed E-state index contributed by atoms with van der Waals surface area (Å²) < 4.78 is 5.60. The van der Waals surface area contributed by atoms with Crippen LogP contribution in [0.2, 0.25) is 0 Å². The molecule has 1 amide bonds. The SMILES string of the molecule is Cc1cc(=O)c(O)c([C@@H](CC(N)=O)c2cccc3ccccc23)o1. The lowest BCUT2D eigenvalue weighted by Gasteiger charge is -2.18. The Morgan fingerprint density at radius 2 is 1.92 bits per heavy atom. The molecule has 1 atom stereocenters. The molecule has 122 valence electrons. The summed E-state index contributed by atoms with van der Waals surface area (Å²) in [5.74, 6) is -1.24. The molecule has 0 radical (unpaired) electrons. The van der Waals surface area contributed by atoms with Crippen LogP contribution in [-0.2, 0) is 4.79 Å². The summed E-state index contributed by atoms with van der Waals surface area (Å²) >= 11 is 0. The van der Waals surface area contributed by atoms with E-state index in [1.807, 2.05) is 42.5 Å². The van der Waals surface area contributed by atoms with E-state index in [-0.39, 0.29) is 12.2 Å². The molecule has 0 saturated heterocycles. The summed E-state index contributed by atoms with van der Waals surface area (Å²) in [6.07, 6.45) is -0.0754. The average Bonchev–Trinajstić information content (AvgIpc) is 2.55. The maximum Gasteiger partial charge on any atom is 0.227 e. The lowest BCUT2D eigenvalue weighted by Crippen LogP contribution is -2.18. The van der Waals surface area contributed by atoms with Gasteiger partial charge in [-0.15, -0.1) is 0 Å². The van der Waals surface area contributed by atoms with E-state index < -0.39 is 23.0 Å². The maximum absolute atomic E-state index is 11.9. The number of amides is 1. The van der Waals surface area contributed by atoms with Gasteiger partial charge in [0.1, 0.15) is 5.76 Å². The Balaban J connectivity index is 2.28. The van der Waals surface area contributed by atoms with E-state index in [4.69, 9.17) is 10.2 Å². The second-order valence-corrected chi connectivity index (χ2v) is 5.73. The van der Waals surface area contributed by atoms with Crippen LogP contribution < -0.4 is 11.2 Å². The molecule has 0 spiro atoms. The largest absolute Gasteiger partial charge is 0.502 e. The van der Waals surface area contributed by atoms with E-state index >= 15 is 0 Å². The summed E-state index contributed by atoms with van der Waals surface area (Å²) in [6, 6.07) is 14.5. The number of nitrogens with two attached hydrogens (primary N) is 1. The third kappa shape index (κ3) is 2.88. The van der Waals surface area contributed by atoms with Gasteiger partial charge in [-0.2, -0.15) is 0 Å². The molecule has 0 saturated carbocycles. The first-order valence-corrected chi connectivity index (χ1v) is 7.57. The zero-order valence-electron chi connectivity index (χ0n) is 13.2. The molecular formula is C19H17NO4. The first-order valence-electron chi connectivity index (χ1n) is 7.57. The highest BCUT2D eigenvalue weighted by Gasteiger charge is 2.26. The fourth-order valence-electron chi connectivity index (χ4n) is 2.96. The number of aryl methyl sites for hydroxylation is 1. The van der Waals surface area contributed by atoms with Crippen molar-refractivity contribution in [2.45, 2.75) is 19.3 Å². The number of hydrogen-bond acceptors (Lipinski definition) is 4. The molecule has 3 rings (SSSR count). The molecule has 5 heteroatoms. The third-order valence-electron chi connectivity index (χ3n) is 3.99. The zero-order chi connectivity index (χ0) is 17.3. The van der Waals surface area contributed by atoms with Crippen molar-refractivity contribution in [2.75, 3.05) is 0 Å². The lowest BCUT2D eigenvalue weighted by molar-refractivity contribution is -0.118. The van der Waals surface area contributed by atoms with Crippen LogP contribution in [0.25, 0.3) is 10.8 Å². The summed E-state index contributed by atoms with van der Waals surface area (Å²) in [5.41, 5.74) is 5.63. The minimum atomic E-state index is -0.638. The Labute approximate surface area is 138 Å². The number of aromatic hydroxyl groups is 1. The molecule has 0 bridgehead atoms. The van der Waals surface area contributed by atoms with Gasteiger partial charge in [0, 0.05) is 12.5 Å². The van der Waals surface area contributed by atoms with E-state index in [0.717, 1.165) is 16.3 Å². The van der Waals surface area contributed by atoms with Crippen LogP contribution in [0.4, 0.5) is 0 Å². The van der Waals surface area contributed by atoms with Crippen molar-refractivity contribution >= 4 is 16.7 Å². The summed E-state index contributed by atoms with van der Waals surface area (Å²) in [4.78, 5) is 23.5. The Morgan fingerprint density at radius 3 is 2.67 bits per heavy atom. The van der Waals surface area contributed by atoms with Crippen molar-refractivity contribution in [1.82, 2.24) is 0 Å². The molecule has 5 nitrogen and oxygen atoms in total. The highest BCUT2D eigenvalue weighted by molar-refractivity contribution is 5.87. The molecule has 0 aliphatic heterocycles. The van der Waals surface area contributed by atoms with Gasteiger partial charge in [-0.25, -0.2) is 0 Å². The smallest absolute Gasteiger partial charge is 0.227 e. The molecular weight excluding hydrogens is 306 g/mol. The second-order valence-electron chi connectivity index (χ2n) is 5.73. The van der Waals surface area contributed by atoms with Gasteiger partial charge in [0.25, 0.3) is 0 Å². The van der Waals surface area contributed by atoms with Crippen LogP contribution in [0.5, 0.6) is 5.75 Å². The predicted molar refractivity (Wildman–Crippen MR) is 91.0 cm³/mol. The monoisotopic (exact) mass is 323 g/mol. The Hall–Kier alpha value is -3.08. The summed E-state index contributed by atoms with van der Waals surface area (Å²) in [5, 5.41) is 12.1. The van der Waals surface area contributed by atoms with Crippen molar-refractivity contribution in [3.8, 4) is 5.75 Å². The first kappa shape index (κ1) is 15.8. The highest BCUT2D eigenvalue weighted by Crippen LogP contribution is 2.36. The number of carbonyl (C=O) groups excluding carboxylic acids is 1. The van der Waals surface area contributed by atoms with Crippen molar-refractivity contribution in [3.05, 3.63) is 75.8 Å². The molecule has 3 aromatic rings. The van der Waals surface area contributed by atoms with E-state index in [2.05, 4.69) is 0 Å². The number of carbonyl (C=O) groups is 1. The topological polar surface area (TPSA) is 93.5 Å². The standard InChI is InChI=1S/C19H17NO4/c1-11-9-16(21)18(23)19(24-11)15(10-17(20)22)14-8-4-6-12-5-2-3-7-13(12)14/h2-9,15,23H,10H2,1H3,(H2,20,22)/t15-/m0/s1. The van der Waals surface area contributed by atoms with Gasteiger partial charge in [-0.1, -0.05) is 42.5 Å². The molecule has 3 N–H and O–H groups in total. The Morgan fingerprint density at radius 1 is 1.21 bits per heavy atom. The van der Waals surface area contributed by atoms with Gasteiger partial charge in [0.15, 0.2) is 5.76 Å². The van der Waals surface area contributed by atoms with E-state index in [9.17, 15) is 14.7 Å². The van der Waals surface area contributed by atoms with Crippen LogP contribution >= 0.6 is 0 Å². The van der Waals surface area contributed by atoms with Crippen LogP contribution in [0.15, 0.2) is 57.7 Å². The minimum absolute atomic E-state index is 0.0650. The van der Waals surface area contributed by atoms with Crippen LogP contribution in [-0.4, -0.2) is 11.0 Å². The van der Waals surface area contributed by atoms with Gasteiger partial charge in [0.05, 0.1) is 5.92 Å². The van der Waals surface area contributed by atoms with Gasteiger partial charge < -0.3 is 15.3 Å². The number of benzene rings is 2. The van der Waals surface area contributed by atoms with Gasteiger partial charge in [0.2, 0.25) is 17.1 Å². The molecule has 0 aliphatic carbocycles. The molecule has 1 aromatic heterocycles. The summed E-state index contributed by atoms with van der Waals surface area (Å²) in [7, 11) is 0. The molecule has 0 unspecified atom stereocenters. The zero-order valence-corrected chi connectivity index (χ0v) is 13.2. The van der Waals surface area contributed by atoms with Gasteiger partial charge >= 0.3 is 0 Å². The molecule has 1 heterocycles. The molecule has 24 heavy (non-hydrogen) atoms. The van der Waals surface area contributed by atoms with E-state index in [1.54, 1.807) is 6.92 Å². The molecule has 2 aromatic carbocycles. The van der Waals surface area contributed by atoms with Crippen molar-refractivity contribution in [3.63, 3.8) is 0 Å². The Bertz CT molecular complexity index is 969. The van der Waals surface area contributed by atoms with Gasteiger partial charge in [-0.3, -0.25) is 9.59 Å². The van der Waals surface area contributed by atoms with E-state index in [0.29, 0.717) is 5.76 Å². The first-order chi connectivity index (χ1) is 11.5. The van der Waals surface area contributed by atoms with Crippen molar-refractivity contribution in [2.24, 2.45) is 5.73 Å². The van der Waals surface area contributed by atoms with Crippen LogP contribution in [0.3, 0.4) is 0 Å². The van der Waals surface area contributed by atoms with E-state index in [1.165, 1.54) is 6.07 Å². The fourth-order valence-corrected chi connectivity index (χ4v) is 2.96. The van der Waals surface area contributed by atoms with Crippen molar-refractivity contribution < 1.29 is 14.3 Å².